The first kappa shape index (κ1) is 19.5. The van der Waals surface area contributed by atoms with Gasteiger partial charge in [-0.05, 0) is 24.6 Å². The molecule has 0 saturated heterocycles. The van der Waals surface area contributed by atoms with Gasteiger partial charge in [-0.1, -0.05) is 38.2 Å². The molecule has 1 aromatic heterocycles. The first-order valence-electron chi connectivity index (χ1n) is 8.16. The van der Waals surface area contributed by atoms with Crippen LogP contribution in [0.4, 0.5) is 5.13 Å². The standard InChI is InChI=1S/C16H22N4O3S2/c1-4-8-14-18-19-16(24-14)17-15(21)12-9-7-10-13(11-12)25(22,23)20(5-2)6-3/h7,9-11H,4-6,8H2,1-3H3,(H,17,19,21). The number of nitrogens with zero attached hydrogens (tertiary/aromatic N) is 3. The highest BCUT2D eigenvalue weighted by molar-refractivity contribution is 7.89. The molecule has 136 valence electrons. The van der Waals surface area contributed by atoms with Crippen LogP contribution in [0.15, 0.2) is 29.2 Å². The van der Waals surface area contributed by atoms with E-state index in [4.69, 9.17) is 0 Å². The summed E-state index contributed by atoms with van der Waals surface area (Å²) >= 11 is 1.32. The van der Waals surface area contributed by atoms with E-state index in [1.165, 1.54) is 27.8 Å². The molecule has 0 aliphatic rings. The number of carbonyl (C=O) groups is 1. The van der Waals surface area contributed by atoms with Crippen LogP contribution in [0.2, 0.25) is 0 Å². The highest BCUT2D eigenvalue weighted by Crippen LogP contribution is 2.20. The number of sulfonamides is 1. The third kappa shape index (κ3) is 4.62. The molecule has 0 fully saturated rings. The number of aryl methyl sites for hydroxylation is 1. The Morgan fingerprint density at radius 3 is 2.56 bits per heavy atom. The minimum Gasteiger partial charge on any atom is -0.296 e. The van der Waals surface area contributed by atoms with Crippen LogP contribution in [0, 0.1) is 0 Å². The van der Waals surface area contributed by atoms with E-state index in [1.807, 2.05) is 6.92 Å². The molecule has 0 aliphatic heterocycles. The quantitative estimate of drug-likeness (QED) is 0.758. The predicted octanol–water partition coefficient (Wildman–Crippen LogP) is 2.77. The van der Waals surface area contributed by atoms with Crippen LogP contribution in [0.5, 0.6) is 0 Å². The smallest absolute Gasteiger partial charge is 0.257 e. The fourth-order valence-corrected chi connectivity index (χ4v) is 4.64. The lowest BCUT2D eigenvalue weighted by Crippen LogP contribution is -2.30. The second-order valence-electron chi connectivity index (χ2n) is 5.32. The minimum atomic E-state index is -3.61. The summed E-state index contributed by atoms with van der Waals surface area (Å²) < 4.78 is 26.5. The van der Waals surface area contributed by atoms with E-state index in [0.717, 1.165) is 17.8 Å². The van der Waals surface area contributed by atoms with E-state index >= 15 is 0 Å². The lowest BCUT2D eigenvalue weighted by atomic mass is 10.2. The molecule has 0 saturated carbocycles. The van der Waals surface area contributed by atoms with Crippen molar-refractivity contribution in [1.29, 1.82) is 0 Å². The molecule has 9 heteroatoms. The Morgan fingerprint density at radius 2 is 1.92 bits per heavy atom. The normalized spacial score (nSPS) is 11.7. The number of hydrogen-bond acceptors (Lipinski definition) is 6. The van der Waals surface area contributed by atoms with Gasteiger partial charge in [0.1, 0.15) is 5.01 Å². The van der Waals surface area contributed by atoms with E-state index in [2.05, 4.69) is 15.5 Å². The van der Waals surface area contributed by atoms with Crippen molar-refractivity contribution < 1.29 is 13.2 Å². The van der Waals surface area contributed by atoms with Crippen molar-refractivity contribution in [3.63, 3.8) is 0 Å². The molecule has 2 aromatic rings. The Bertz CT molecular complexity index is 829. The van der Waals surface area contributed by atoms with Gasteiger partial charge in [0.15, 0.2) is 0 Å². The number of rotatable bonds is 8. The van der Waals surface area contributed by atoms with Gasteiger partial charge in [0.25, 0.3) is 5.91 Å². The van der Waals surface area contributed by atoms with Gasteiger partial charge in [0.2, 0.25) is 15.2 Å². The van der Waals surface area contributed by atoms with E-state index in [-0.39, 0.29) is 10.5 Å². The molecular formula is C16H22N4O3S2. The van der Waals surface area contributed by atoms with Gasteiger partial charge < -0.3 is 0 Å². The Kier molecular flexibility index (Phi) is 6.63. The van der Waals surface area contributed by atoms with Crippen LogP contribution >= 0.6 is 11.3 Å². The second-order valence-corrected chi connectivity index (χ2v) is 8.32. The zero-order valence-corrected chi connectivity index (χ0v) is 16.2. The number of benzene rings is 1. The van der Waals surface area contributed by atoms with E-state index in [9.17, 15) is 13.2 Å². The monoisotopic (exact) mass is 382 g/mol. The van der Waals surface area contributed by atoms with E-state index < -0.39 is 15.9 Å². The Morgan fingerprint density at radius 1 is 1.20 bits per heavy atom. The molecule has 0 spiro atoms. The molecule has 0 unspecified atom stereocenters. The topological polar surface area (TPSA) is 92.3 Å². The molecule has 1 heterocycles. The molecule has 7 nitrogen and oxygen atoms in total. The van der Waals surface area contributed by atoms with Crippen molar-refractivity contribution in [2.75, 3.05) is 18.4 Å². The van der Waals surface area contributed by atoms with Crippen LogP contribution in [-0.4, -0.2) is 41.9 Å². The molecule has 1 aromatic carbocycles. The van der Waals surface area contributed by atoms with E-state index in [0.29, 0.717) is 18.2 Å². The lowest BCUT2D eigenvalue weighted by molar-refractivity contribution is 0.102. The molecule has 1 amide bonds. The summed E-state index contributed by atoms with van der Waals surface area (Å²) in [7, 11) is -3.61. The van der Waals surface area contributed by atoms with Gasteiger partial charge in [-0.2, -0.15) is 4.31 Å². The first-order valence-corrected chi connectivity index (χ1v) is 10.4. The summed E-state index contributed by atoms with van der Waals surface area (Å²) in [5, 5.41) is 11.9. The third-order valence-electron chi connectivity index (χ3n) is 3.59. The predicted molar refractivity (Wildman–Crippen MR) is 98.4 cm³/mol. The Labute approximate surface area is 152 Å². The summed E-state index contributed by atoms with van der Waals surface area (Å²) in [4.78, 5) is 12.5. The molecule has 1 N–H and O–H groups in total. The highest BCUT2D eigenvalue weighted by atomic mass is 32.2. The summed E-state index contributed by atoms with van der Waals surface area (Å²) in [5.74, 6) is -0.407. The van der Waals surface area contributed by atoms with E-state index in [1.54, 1.807) is 26.0 Å². The molecular weight excluding hydrogens is 360 g/mol. The van der Waals surface area contributed by atoms with Gasteiger partial charge in [-0.25, -0.2) is 8.42 Å². The average molecular weight is 383 g/mol. The number of anilines is 1. The van der Waals surface area contributed by atoms with Crippen LogP contribution in [-0.2, 0) is 16.4 Å². The van der Waals surface area contributed by atoms with Crippen LogP contribution in [0.3, 0.4) is 0 Å². The van der Waals surface area contributed by atoms with Gasteiger partial charge in [-0.3, -0.25) is 10.1 Å². The zero-order chi connectivity index (χ0) is 18.4. The number of hydrogen-bond donors (Lipinski definition) is 1. The molecule has 0 bridgehead atoms. The summed E-state index contributed by atoms with van der Waals surface area (Å²) in [6, 6.07) is 6.02. The van der Waals surface area contributed by atoms with Gasteiger partial charge in [0, 0.05) is 25.1 Å². The van der Waals surface area contributed by atoms with Gasteiger partial charge in [-0.15, -0.1) is 10.2 Å². The zero-order valence-electron chi connectivity index (χ0n) is 14.5. The van der Waals surface area contributed by atoms with Crippen LogP contribution in [0.1, 0.15) is 42.6 Å². The fraction of sp³-hybridized carbons (Fsp3) is 0.438. The molecule has 25 heavy (non-hydrogen) atoms. The average Bonchev–Trinajstić information content (AvgIpc) is 3.03. The van der Waals surface area contributed by atoms with Crippen molar-refractivity contribution in [1.82, 2.24) is 14.5 Å². The minimum absolute atomic E-state index is 0.104. The highest BCUT2D eigenvalue weighted by Gasteiger charge is 2.22. The Balaban J connectivity index is 2.21. The van der Waals surface area contributed by atoms with Gasteiger partial charge >= 0.3 is 0 Å². The van der Waals surface area contributed by atoms with Crippen LogP contribution < -0.4 is 5.32 Å². The Hall–Kier alpha value is -1.84. The number of aromatic nitrogens is 2. The van der Waals surface area contributed by atoms with Crippen molar-refractivity contribution >= 4 is 32.4 Å². The van der Waals surface area contributed by atoms with Crippen LogP contribution in [0.25, 0.3) is 0 Å². The summed E-state index contributed by atoms with van der Waals surface area (Å²) in [5.41, 5.74) is 0.264. The molecule has 0 radical (unpaired) electrons. The maximum atomic E-state index is 12.6. The maximum Gasteiger partial charge on any atom is 0.257 e. The molecule has 2 rings (SSSR count). The fourth-order valence-electron chi connectivity index (χ4n) is 2.30. The van der Waals surface area contributed by atoms with Crippen molar-refractivity contribution in [2.24, 2.45) is 0 Å². The SMILES string of the molecule is CCCc1nnc(NC(=O)c2cccc(S(=O)(=O)N(CC)CC)c2)s1. The second kappa shape index (κ2) is 8.50. The summed E-state index contributed by atoms with van der Waals surface area (Å²) in [6.07, 6.45) is 1.76. The number of amides is 1. The van der Waals surface area contributed by atoms with Crippen molar-refractivity contribution in [3.05, 3.63) is 34.8 Å². The summed E-state index contributed by atoms with van der Waals surface area (Å²) in [6.45, 7) is 6.35. The molecule has 0 aliphatic carbocycles. The van der Waals surface area contributed by atoms with Crippen molar-refractivity contribution in [3.8, 4) is 0 Å². The van der Waals surface area contributed by atoms with Crippen molar-refractivity contribution in [2.45, 2.75) is 38.5 Å². The molecule has 0 atom stereocenters. The number of carbonyl (C=O) groups excluding carboxylic acids is 1. The first-order chi connectivity index (χ1) is 11.9. The maximum absolute atomic E-state index is 12.6. The largest absolute Gasteiger partial charge is 0.296 e. The lowest BCUT2D eigenvalue weighted by Gasteiger charge is -2.18. The van der Waals surface area contributed by atoms with Gasteiger partial charge in [0.05, 0.1) is 4.90 Å². The number of nitrogens with one attached hydrogen (secondary N) is 1. The third-order valence-corrected chi connectivity index (χ3v) is 6.53.